The molecule has 88 valence electrons. The molecule has 0 radical (unpaired) electrons. The van der Waals surface area contributed by atoms with Crippen molar-refractivity contribution in [1.29, 1.82) is 0 Å². The number of rotatable bonds is 6. The Morgan fingerprint density at radius 3 is 2.93 bits per heavy atom. The second-order valence-electron chi connectivity index (χ2n) is 4.09. The number of carbonyl (C=O) groups excluding carboxylic acids is 1. The smallest absolute Gasteiger partial charge is 0.222 e. The van der Waals surface area contributed by atoms with E-state index in [-0.39, 0.29) is 18.6 Å². The minimum absolute atomic E-state index is 0.152. The first-order valence-electron chi connectivity index (χ1n) is 5.70. The first-order valence-corrected chi connectivity index (χ1v) is 5.70. The summed E-state index contributed by atoms with van der Waals surface area (Å²) in [5, 5.41) is 8.60. The summed E-state index contributed by atoms with van der Waals surface area (Å²) in [6.07, 6.45) is 4.41. The molecule has 0 aromatic heterocycles. The SMILES string of the molecule is CN(CC1CCCO1)C(=O)CCCCO. The van der Waals surface area contributed by atoms with Gasteiger partial charge in [-0.3, -0.25) is 4.79 Å². The van der Waals surface area contributed by atoms with Crippen LogP contribution in [-0.2, 0) is 9.53 Å². The van der Waals surface area contributed by atoms with Crippen LogP contribution in [0.2, 0.25) is 0 Å². The maximum absolute atomic E-state index is 11.6. The Labute approximate surface area is 91.2 Å². The van der Waals surface area contributed by atoms with Crippen molar-refractivity contribution in [3.8, 4) is 0 Å². The lowest BCUT2D eigenvalue weighted by Crippen LogP contribution is -2.33. The quantitative estimate of drug-likeness (QED) is 0.666. The number of hydrogen-bond donors (Lipinski definition) is 1. The Hall–Kier alpha value is -0.610. The molecule has 4 nitrogen and oxygen atoms in total. The highest BCUT2D eigenvalue weighted by Gasteiger charge is 2.19. The maximum atomic E-state index is 11.6. The van der Waals surface area contributed by atoms with Gasteiger partial charge in [0.2, 0.25) is 5.91 Å². The van der Waals surface area contributed by atoms with E-state index in [0.717, 1.165) is 25.9 Å². The molecule has 1 aliphatic heterocycles. The number of unbranched alkanes of at least 4 members (excludes halogenated alkanes) is 1. The molecule has 1 unspecified atom stereocenters. The first kappa shape index (κ1) is 12.5. The second kappa shape index (κ2) is 6.80. The summed E-state index contributed by atoms with van der Waals surface area (Å²) in [7, 11) is 1.82. The van der Waals surface area contributed by atoms with E-state index in [1.165, 1.54) is 0 Å². The van der Waals surface area contributed by atoms with Crippen molar-refractivity contribution < 1.29 is 14.6 Å². The van der Waals surface area contributed by atoms with Crippen LogP contribution in [0.15, 0.2) is 0 Å². The fourth-order valence-electron chi connectivity index (χ4n) is 1.77. The molecule has 15 heavy (non-hydrogen) atoms. The number of hydrogen-bond acceptors (Lipinski definition) is 3. The highest BCUT2D eigenvalue weighted by atomic mass is 16.5. The van der Waals surface area contributed by atoms with Crippen molar-refractivity contribution in [2.75, 3.05) is 26.8 Å². The minimum atomic E-state index is 0.152. The van der Waals surface area contributed by atoms with Gasteiger partial charge in [0.05, 0.1) is 6.10 Å². The van der Waals surface area contributed by atoms with Gasteiger partial charge in [0.25, 0.3) is 0 Å². The van der Waals surface area contributed by atoms with E-state index in [4.69, 9.17) is 9.84 Å². The Morgan fingerprint density at radius 2 is 2.33 bits per heavy atom. The molecule has 1 aliphatic rings. The summed E-state index contributed by atoms with van der Waals surface area (Å²) < 4.78 is 5.47. The van der Waals surface area contributed by atoms with Crippen LogP contribution in [0.4, 0.5) is 0 Å². The van der Waals surface area contributed by atoms with Crippen molar-refractivity contribution in [3.05, 3.63) is 0 Å². The lowest BCUT2D eigenvalue weighted by molar-refractivity contribution is -0.131. The maximum Gasteiger partial charge on any atom is 0.222 e. The molecule has 1 N–H and O–H groups in total. The van der Waals surface area contributed by atoms with Crippen LogP contribution < -0.4 is 0 Å². The zero-order chi connectivity index (χ0) is 11.1. The van der Waals surface area contributed by atoms with Crippen molar-refractivity contribution >= 4 is 5.91 Å². The fourth-order valence-corrected chi connectivity index (χ4v) is 1.77. The third-order valence-corrected chi connectivity index (χ3v) is 2.73. The molecule has 0 aromatic rings. The molecule has 0 saturated carbocycles. The van der Waals surface area contributed by atoms with E-state index in [1.807, 2.05) is 7.05 Å². The molecule has 1 rings (SSSR count). The van der Waals surface area contributed by atoms with E-state index in [2.05, 4.69) is 0 Å². The highest BCUT2D eigenvalue weighted by molar-refractivity contribution is 5.75. The predicted molar refractivity (Wildman–Crippen MR) is 57.5 cm³/mol. The van der Waals surface area contributed by atoms with Gasteiger partial charge in [0, 0.05) is 33.2 Å². The highest BCUT2D eigenvalue weighted by Crippen LogP contribution is 2.13. The average Bonchev–Trinajstić information content (AvgIpc) is 2.70. The summed E-state index contributed by atoms with van der Waals surface area (Å²) >= 11 is 0. The summed E-state index contributed by atoms with van der Waals surface area (Å²) in [5.41, 5.74) is 0. The van der Waals surface area contributed by atoms with Gasteiger partial charge < -0.3 is 14.7 Å². The Bertz CT molecular complexity index is 190. The van der Waals surface area contributed by atoms with Gasteiger partial charge in [-0.15, -0.1) is 0 Å². The number of nitrogens with zero attached hydrogens (tertiary/aromatic N) is 1. The second-order valence-corrected chi connectivity index (χ2v) is 4.09. The van der Waals surface area contributed by atoms with E-state index in [9.17, 15) is 4.79 Å². The van der Waals surface area contributed by atoms with E-state index in [1.54, 1.807) is 4.90 Å². The Morgan fingerprint density at radius 1 is 1.53 bits per heavy atom. The lowest BCUT2D eigenvalue weighted by atomic mass is 10.2. The summed E-state index contributed by atoms with van der Waals surface area (Å²) in [6.45, 7) is 1.71. The van der Waals surface area contributed by atoms with E-state index < -0.39 is 0 Å². The molecular weight excluding hydrogens is 194 g/mol. The third-order valence-electron chi connectivity index (χ3n) is 2.73. The van der Waals surface area contributed by atoms with Crippen molar-refractivity contribution in [2.24, 2.45) is 0 Å². The molecule has 0 aromatic carbocycles. The molecule has 1 fully saturated rings. The molecule has 4 heteroatoms. The summed E-state index contributed by atoms with van der Waals surface area (Å²) in [6, 6.07) is 0. The molecule has 0 aliphatic carbocycles. The molecular formula is C11H21NO3. The van der Waals surface area contributed by atoms with Crippen LogP contribution in [0.25, 0.3) is 0 Å². The van der Waals surface area contributed by atoms with Gasteiger partial charge in [-0.25, -0.2) is 0 Å². The number of carbonyl (C=O) groups is 1. The number of likely N-dealkylation sites (N-methyl/N-ethyl adjacent to an activating group) is 1. The molecule has 0 spiro atoms. The van der Waals surface area contributed by atoms with Crippen LogP contribution in [0.1, 0.15) is 32.1 Å². The number of ether oxygens (including phenoxy) is 1. The largest absolute Gasteiger partial charge is 0.396 e. The van der Waals surface area contributed by atoms with Crippen molar-refractivity contribution in [3.63, 3.8) is 0 Å². The molecule has 1 heterocycles. The van der Waals surface area contributed by atoms with Gasteiger partial charge >= 0.3 is 0 Å². The fraction of sp³-hybridized carbons (Fsp3) is 0.909. The van der Waals surface area contributed by atoms with Crippen LogP contribution in [0.3, 0.4) is 0 Å². The molecule has 1 atom stereocenters. The van der Waals surface area contributed by atoms with Crippen LogP contribution in [0, 0.1) is 0 Å². The predicted octanol–water partition coefficient (Wildman–Crippen LogP) is 0.786. The Kier molecular flexibility index (Phi) is 5.65. The van der Waals surface area contributed by atoms with Crippen molar-refractivity contribution in [1.82, 2.24) is 4.90 Å². The van der Waals surface area contributed by atoms with Crippen LogP contribution >= 0.6 is 0 Å². The zero-order valence-corrected chi connectivity index (χ0v) is 9.45. The van der Waals surface area contributed by atoms with E-state index in [0.29, 0.717) is 19.4 Å². The zero-order valence-electron chi connectivity index (χ0n) is 9.45. The van der Waals surface area contributed by atoms with Gasteiger partial charge in [-0.2, -0.15) is 0 Å². The minimum Gasteiger partial charge on any atom is -0.396 e. The number of aliphatic hydroxyl groups excluding tert-OH is 1. The standard InChI is InChI=1S/C11H21NO3/c1-12(9-10-5-4-8-15-10)11(14)6-2-3-7-13/h10,13H,2-9H2,1H3. The topological polar surface area (TPSA) is 49.8 Å². The molecule has 0 bridgehead atoms. The molecule has 1 saturated heterocycles. The number of amides is 1. The third kappa shape index (κ3) is 4.62. The van der Waals surface area contributed by atoms with Crippen molar-refractivity contribution in [2.45, 2.75) is 38.2 Å². The number of aliphatic hydroxyl groups is 1. The van der Waals surface area contributed by atoms with Gasteiger partial charge in [0.1, 0.15) is 0 Å². The first-order chi connectivity index (χ1) is 7.24. The average molecular weight is 215 g/mol. The normalized spacial score (nSPS) is 20.5. The van der Waals surface area contributed by atoms with Crippen LogP contribution in [-0.4, -0.2) is 48.8 Å². The lowest BCUT2D eigenvalue weighted by Gasteiger charge is -2.20. The van der Waals surface area contributed by atoms with Gasteiger partial charge in [-0.05, 0) is 25.7 Å². The van der Waals surface area contributed by atoms with Gasteiger partial charge in [-0.1, -0.05) is 0 Å². The van der Waals surface area contributed by atoms with E-state index >= 15 is 0 Å². The molecule has 1 amide bonds. The van der Waals surface area contributed by atoms with Crippen LogP contribution in [0.5, 0.6) is 0 Å². The summed E-state index contributed by atoms with van der Waals surface area (Å²) in [4.78, 5) is 13.3. The van der Waals surface area contributed by atoms with Gasteiger partial charge in [0.15, 0.2) is 0 Å². The summed E-state index contributed by atoms with van der Waals surface area (Å²) in [5.74, 6) is 0.152. The Balaban J connectivity index is 2.14. The monoisotopic (exact) mass is 215 g/mol.